The molecule has 0 bridgehead atoms. The number of hydrogen-bond acceptors (Lipinski definition) is 3. The predicted octanol–water partition coefficient (Wildman–Crippen LogP) is -0.800. The van der Waals surface area contributed by atoms with Crippen LogP contribution in [0.5, 0.6) is 0 Å². The molecule has 1 aliphatic rings. The van der Waals surface area contributed by atoms with Gasteiger partial charge in [0.05, 0.1) is 0 Å². The summed E-state index contributed by atoms with van der Waals surface area (Å²) in [4.78, 5) is 0. The van der Waals surface area contributed by atoms with Gasteiger partial charge in [0, 0.05) is 12.1 Å². The van der Waals surface area contributed by atoms with Crippen molar-refractivity contribution in [3.05, 3.63) is 0 Å². The standard InChI is InChI=1S/C5H13N3/c1-5(2)3-7-4(6)8-5/h4,7-8H,3,6H2,1-2H3. The highest BCUT2D eigenvalue weighted by Crippen LogP contribution is 2.04. The van der Waals surface area contributed by atoms with E-state index < -0.39 is 0 Å². The van der Waals surface area contributed by atoms with E-state index >= 15 is 0 Å². The Bertz CT molecular complexity index is 89.7. The summed E-state index contributed by atoms with van der Waals surface area (Å²) in [5, 5.41) is 6.24. The van der Waals surface area contributed by atoms with Gasteiger partial charge in [-0.1, -0.05) is 0 Å². The van der Waals surface area contributed by atoms with Crippen LogP contribution in [0.2, 0.25) is 0 Å². The first-order valence-corrected chi connectivity index (χ1v) is 2.87. The van der Waals surface area contributed by atoms with Gasteiger partial charge in [0.1, 0.15) is 6.29 Å². The highest BCUT2D eigenvalue weighted by molar-refractivity contribution is 4.88. The Balaban J connectivity index is 2.44. The average Bonchev–Trinajstić information content (AvgIpc) is 1.82. The van der Waals surface area contributed by atoms with Gasteiger partial charge >= 0.3 is 0 Å². The molecule has 0 amide bonds. The zero-order valence-electron chi connectivity index (χ0n) is 5.36. The lowest BCUT2D eigenvalue weighted by Gasteiger charge is -2.15. The second-order valence-electron chi connectivity index (χ2n) is 2.89. The molecule has 4 N–H and O–H groups in total. The molecule has 0 aromatic rings. The lowest BCUT2D eigenvalue weighted by molar-refractivity contribution is 0.447. The smallest absolute Gasteiger partial charge is 0.109 e. The Hall–Kier alpha value is -0.120. The third kappa shape index (κ3) is 1.18. The van der Waals surface area contributed by atoms with Crippen LogP contribution in [0.25, 0.3) is 0 Å². The van der Waals surface area contributed by atoms with Crippen LogP contribution in [-0.4, -0.2) is 18.4 Å². The maximum Gasteiger partial charge on any atom is 0.109 e. The van der Waals surface area contributed by atoms with Crippen LogP contribution in [0.1, 0.15) is 13.8 Å². The van der Waals surface area contributed by atoms with Gasteiger partial charge in [-0.25, -0.2) is 0 Å². The molecule has 48 valence electrons. The topological polar surface area (TPSA) is 50.1 Å². The maximum atomic E-state index is 5.49. The van der Waals surface area contributed by atoms with E-state index in [0.717, 1.165) is 6.54 Å². The fourth-order valence-corrected chi connectivity index (χ4v) is 0.888. The van der Waals surface area contributed by atoms with E-state index in [-0.39, 0.29) is 11.8 Å². The number of nitrogens with one attached hydrogen (secondary N) is 2. The average molecular weight is 115 g/mol. The van der Waals surface area contributed by atoms with Gasteiger partial charge in [-0.15, -0.1) is 0 Å². The minimum absolute atomic E-state index is 0.00926. The second-order valence-corrected chi connectivity index (χ2v) is 2.89. The van der Waals surface area contributed by atoms with Gasteiger partial charge in [-0.2, -0.15) is 0 Å². The van der Waals surface area contributed by atoms with Crippen molar-refractivity contribution in [2.24, 2.45) is 5.73 Å². The third-order valence-electron chi connectivity index (χ3n) is 1.31. The minimum atomic E-state index is -0.00926. The van der Waals surface area contributed by atoms with E-state index in [0.29, 0.717) is 0 Å². The third-order valence-corrected chi connectivity index (χ3v) is 1.31. The van der Waals surface area contributed by atoms with Gasteiger partial charge in [-0.05, 0) is 13.8 Å². The molecule has 0 aliphatic carbocycles. The van der Waals surface area contributed by atoms with Gasteiger partial charge < -0.3 is 5.73 Å². The van der Waals surface area contributed by atoms with Crippen molar-refractivity contribution in [1.29, 1.82) is 0 Å². The molecule has 1 rings (SSSR count). The van der Waals surface area contributed by atoms with Crippen molar-refractivity contribution in [1.82, 2.24) is 10.6 Å². The van der Waals surface area contributed by atoms with Gasteiger partial charge in [-0.3, -0.25) is 10.6 Å². The molecule has 1 unspecified atom stereocenters. The van der Waals surface area contributed by atoms with Crippen molar-refractivity contribution < 1.29 is 0 Å². The first kappa shape index (κ1) is 6.01. The lowest BCUT2D eigenvalue weighted by Crippen LogP contribution is -2.44. The molecule has 3 heteroatoms. The molecule has 0 spiro atoms. The molecular formula is C5H13N3. The highest BCUT2D eigenvalue weighted by atomic mass is 15.3. The molecule has 1 aliphatic heterocycles. The molecular weight excluding hydrogens is 102 g/mol. The molecule has 1 atom stereocenters. The Morgan fingerprint density at radius 3 is 2.38 bits per heavy atom. The summed E-state index contributed by atoms with van der Waals surface area (Å²) in [6.45, 7) is 5.19. The largest absolute Gasteiger partial charge is 0.304 e. The van der Waals surface area contributed by atoms with E-state index in [4.69, 9.17) is 5.73 Å². The quantitative estimate of drug-likeness (QED) is 0.387. The number of nitrogens with two attached hydrogens (primary N) is 1. The summed E-state index contributed by atoms with van der Waals surface area (Å²) >= 11 is 0. The highest BCUT2D eigenvalue weighted by Gasteiger charge is 2.26. The van der Waals surface area contributed by atoms with E-state index in [9.17, 15) is 0 Å². The van der Waals surface area contributed by atoms with Crippen LogP contribution < -0.4 is 16.4 Å². The van der Waals surface area contributed by atoms with Crippen molar-refractivity contribution in [3.8, 4) is 0 Å². The summed E-state index contributed by atoms with van der Waals surface area (Å²) < 4.78 is 0. The SMILES string of the molecule is CC1(C)CNC(N)N1. The molecule has 8 heavy (non-hydrogen) atoms. The van der Waals surface area contributed by atoms with Crippen molar-refractivity contribution >= 4 is 0 Å². The molecule has 1 fully saturated rings. The molecule has 0 saturated carbocycles. The van der Waals surface area contributed by atoms with Crippen LogP contribution in [0.15, 0.2) is 0 Å². The van der Waals surface area contributed by atoms with E-state index in [1.807, 2.05) is 0 Å². The second kappa shape index (κ2) is 1.69. The van der Waals surface area contributed by atoms with Gasteiger partial charge in [0.2, 0.25) is 0 Å². The summed E-state index contributed by atoms with van der Waals surface area (Å²) in [6.07, 6.45) is -0.00926. The van der Waals surface area contributed by atoms with Crippen LogP contribution in [0.3, 0.4) is 0 Å². The fraction of sp³-hybridized carbons (Fsp3) is 1.00. The van der Waals surface area contributed by atoms with Gasteiger partial charge in [0.25, 0.3) is 0 Å². The van der Waals surface area contributed by atoms with Crippen LogP contribution >= 0.6 is 0 Å². The minimum Gasteiger partial charge on any atom is -0.304 e. The fourth-order valence-electron chi connectivity index (χ4n) is 0.888. The Morgan fingerprint density at radius 2 is 2.25 bits per heavy atom. The van der Waals surface area contributed by atoms with Crippen molar-refractivity contribution in [3.63, 3.8) is 0 Å². The molecule has 0 radical (unpaired) electrons. The van der Waals surface area contributed by atoms with Crippen LogP contribution in [0, 0.1) is 0 Å². The molecule has 1 saturated heterocycles. The van der Waals surface area contributed by atoms with Crippen LogP contribution in [-0.2, 0) is 0 Å². The zero-order chi connectivity index (χ0) is 6.20. The summed E-state index contributed by atoms with van der Waals surface area (Å²) in [5.74, 6) is 0. The summed E-state index contributed by atoms with van der Waals surface area (Å²) in [6, 6.07) is 0. The zero-order valence-corrected chi connectivity index (χ0v) is 5.36. The molecule has 1 heterocycles. The van der Waals surface area contributed by atoms with Crippen molar-refractivity contribution in [2.45, 2.75) is 25.7 Å². The monoisotopic (exact) mass is 115 g/mol. The van der Waals surface area contributed by atoms with Crippen molar-refractivity contribution in [2.75, 3.05) is 6.54 Å². The van der Waals surface area contributed by atoms with E-state index in [1.54, 1.807) is 0 Å². The van der Waals surface area contributed by atoms with Gasteiger partial charge in [0.15, 0.2) is 0 Å². The lowest BCUT2D eigenvalue weighted by atomic mass is 10.1. The first-order chi connectivity index (χ1) is 3.60. The molecule has 0 aromatic heterocycles. The normalized spacial score (nSPS) is 35.6. The summed E-state index contributed by atoms with van der Waals surface area (Å²) in [5.41, 5.74) is 5.67. The Morgan fingerprint density at radius 1 is 1.62 bits per heavy atom. The maximum absolute atomic E-state index is 5.49. The Kier molecular flexibility index (Phi) is 1.27. The molecule has 3 nitrogen and oxygen atoms in total. The Labute approximate surface area is 49.6 Å². The first-order valence-electron chi connectivity index (χ1n) is 2.87. The number of rotatable bonds is 0. The molecule has 0 aromatic carbocycles. The summed E-state index contributed by atoms with van der Waals surface area (Å²) in [7, 11) is 0. The number of hydrogen-bond donors (Lipinski definition) is 3. The van der Waals surface area contributed by atoms with Crippen LogP contribution in [0.4, 0.5) is 0 Å². The van der Waals surface area contributed by atoms with E-state index in [1.165, 1.54) is 0 Å². The predicted molar refractivity (Wildman–Crippen MR) is 33.2 cm³/mol. The van der Waals surface area contributed by atoms with E-state index in [2.05, 4.69) is 24.5 Å².